The van der Waals surface area contributed by atoms with Crippen molar-refractivity contribution in [1.82, 2.24) is 20.0 Å². The third-order valence-electron chi connectivity index (χ3n) is 5.75. The number of carbonyl (C=O) groups excluding carboxylic acids is 1. The first kappa shape index (κ1) is 16.0. The van der Waals surface area contributed by atoms with Crippen molar-refractivity contribution in [3.63, 3.8) is 0 Å². The second kappa shape index (κ2) is 5.63. The molecule has 126 valence electrons. The Labute approximate surface area is 135 Å². The third-order valence-corrected chi connectivity index (χ3v) is 5.75. The summed E-state index contributed by atoms with van der Waals surface area (Å²) in [7, 11) is 1.76. The van der Waals surface area contributed by atoms with E-state index in [0.717, 1.165) is 31.0 Å². The van der Waals surface area contributed by atoms with E-state index in [4.69, 9.17) is 0 Å². The van der Waals surface area contributed by atoms with Crippen LogP contribution in [-0.4, -0.2) is 62.7 Å². The number of piperidine rings is 1. The Bertz CT molecular complexity index is 612. The fourth-order valence-corrected chi connectivity index (χ4v) is 4.11. The number of hydrogen-bond acceptors (Lipinski definition) is 4. The first-order valence-corrected chi connectivity index (χ1v) is 8.07. The molecule has 0 saturated carbocycles. The summed E-state index contributed by atoms with van der Waals surface area (Å²) in [6.07, 6.45) is 1.55. The lowest BCUT2D eigenvalue weighted by Crippen LogP contribution is -2.55. The standard InChI is InChI=1S/C16H24N4O3/c1-10-12(11(2)18-17-10)9-20-6-4-16(5-7-20)13(15(22)23)8-14(21)19(16)3/h13H,4-9H2,1-3H3,(H,17,18)(H,22,23). The summed E-state index contributed by atoms with van der Waals surface area (Å²) < 4.78 is 0. The number of nitrogens with zero attached hydrogens (tertiary/aromatic N) is 3. The van der Waals surface area contributed by atoms with Gasteiger partial charge < -0.3 is 10.0 Å². The lowest BCUT2D eigenvalue weighted by molar-refractivity contribution is -0.146. The van der Waals surface area contributed by atoms with Gasteiger partial charge in [-0.05, 0) is 26.7 Å². The van der Waals surface area contributed by atoms with Crippen molar-refractivity contribution < 1.29 is 14.7 Å². The lowest BCUT2D eigenvalue weighted by atomic mass is 9.77. The normalized spacial score (nSPS) is 24.6. The molecule has 1 amide bonds. The first-order valence-electron chi connectivity index (χ1n) is 8.07. The number of hydrogen-bond donors (Lipinski definition) is 2. The monoisotopic (exact) mass is 320 g/mol. The lowest BCUT2D eigenvalue weighted by Gasteiger charge is -2.45. The smallest absolute Gasteiger partial charge is 0.309 e. The van der Waals surface area contributed by atoms with Crippen molar-refractivity contribution in [1.29, 1.82) is 0 Å². The highest BCUT2D eigenvalue weighted by atomic mass is 16.4. The Hall–Kier alpha value is -1.89. The quantitative estimate of drug-likeness (QED) is 0.864. The number of nitrogens with one attached hydrogen (secondary N) is 1. The molecule has 2 saturated heterocycles. The number of carbonyl (C=O) groups is 2. The molecule has 2 aliphatic heterocycles. The van der Waals surface area contributed by atoms with Crippen LogP contribution in [0.25, 0.3) is 0 Å². The van der Waals surface area contributed by atoms with Gasteiger partial charge in [0.15, 0.2) is 0 Å². The minimum Gasteiger partial charge on any atom is -0.481 e. The van der Waals surface area contributed by atoms with Crippen molar-refractivity contribution in [3.8, 4) is 0 Å². The van der Waals surface area contributed by atoms with Crippen LogP contribution in [0, 0.1) is 19.8 Å². The molecule has 7 heteroatoms. The third kappa shape index (κ3) is 2.52. The molecule has 1 aromatic heterocycles. The largest absolute Gasteiger partial charge is 0.481 e. The molecule has 2 fully saturated rings. The van der Waals surface area contributed by atoms with E-state index >= 15 is 0 Å². The van der Waals surface area contributed by atoms with Gasteiger partial charge in [-0.25, -0.2) is 0 Å². The second-order valence-electron chi connectivity index (χ2n) is 6.84. The van der Waals surface area contributed by atoms with Crippen LogP contribution in [0.15, 0.2) is 0 Å². The van der Waals surface area contributed by atoms with E-state index in [1.165, 1.54) is 5.56 Å². The van der Waals surface area contributed by atoms with Gasteiger partial charge in [-0.2, -0.15) is 5.10 Å². The van der Waals surface area contributed by atoms with Gasteiger partial charge in [-0.3, -0.25) is 19.6 Å². The summed E-state index contributed by atoms with van der Waals surface area (Å²) in [5, 5.41) is 16.7. The highest BCUT2D eigenvalue weighted by molar-refractivity contribution is 5.88. The van der Waals surface area contributed by atoms with Gasteiger partial charge in [0.25, 0.3) is 0 Å². The molecule has 23 heavy (non-hydrogen) atoms. The number of likely N-dealkylation sites (tertiary alicyclic amines) is 2. The minimum atomic E-state index is -0.849. The average molecular weight is 320 g/mol. The van der Waals surface area contributed by atoms with E-state index in [0.29, 0.717) is 12.8 Å². The van der Waals surface area contributed by atoms with Gasteiger partial charge in [0.1, 0.15) is 0 Å². The maximum absolute atomic E-state index is 12.0. The SMILES string of the molecule is Cc1n[nH]c(C)c1CN1CCC2(CC1)C(C(=O)O)CC(=O)N2C. The van der Waals surface area contributed by atoms with Crippen LogP contribution >= 0.6 is 0 Å². The topological polar surface area (TPSA) is 89.5 Å². The number of carboxylic acids is 1. The fraction of sp³-hybridized carbons (Fsp3) is 0.688. The highest BCUT2D eigenvalue weighted by Crippen LogP contribution is 2.43. The molecule has 0 bridgehead atoms. The van der Waals surface area contributed by atoms with Crippen LogP contribution < -0.4 is 0 Å². The molecule has 0 aromatic carbocycles. The van der Waals surface area contributed by atoms with E-state index in [1.807, 2.05) is 13.8 Å². The minimum absolute atomic E-state index is 0.0487. The molecule has 1 unspecified atom stereocenters. The van der Waals surface area contributed by atoms with Crippen molar-refractivity contribution in [2.24, 2.45) is 5.92 Å². The molecular weight excluding hydrogens is 296 g/mol. The molecule has 2 N–H and O–H groups in total. The van der Waals surface area contributed by atoms with Crippen LogP contribution in [0.2, 0.25) is 0 Å². The van der Waals surface area contributed by atoms with Crippen molar-refractivity contribution >= 4 is 11.9 Å². The first-order chi connectivity index (χ1) is 10.8. The molecular formula is C16H24N4O3. The van der Waals surface area contributed by atoms with Crippen LogP contribution in [0.5, 0.6) is 0 Å². The molecule has 1 aromatic rings. The maximum Gasteiger partial charge on any atom is 0.309 e. The molecule has 0 aliphatic carbocycles. The molecule has 2 aliphatic rings. The number of H-pyrrole nitrogens is 1. The number of aromatic nitrogens is 2. The number of carboxylic acid groups (broad SMARTS) is 1. The van der Waals surface area contributed by atoms with E-state index in [2.05, 4.69) is 15.1 Å². The van der Waals surface area contributed by atoms with Crippen LogP contribution in [0.4, 0.5) is 0 Å². The molecule has 1 spiro atoms. The molecule has 1 atom stereocenters. The van der Waals surface area contributed by atoms with E-state index in [-0.39, 0.29) is 12.3 Å². The summed E-state index contributed by atoms with van der Waals surface area (Å²) in [5.74, 6) is -1.48. The van der Waals surface area contributed by atoms with E-state index < -0.39 is 17.4 Å². The number of rotatable bonds is 3. The van der Waals surface area contributed by atoms with Gasteiger partial charge in [-0.1, -0.05) is 0 Å². The summed E-state index contributed by atoms with van der Waals surface area (Å²) in [6, 6.07) is 0. The summed E-state index contributed by atoms with van der Waals surface area (Å²) in [6.45, 7) is 6.43. The molecule has 7 nitrogen and oxygen atoms in total. The second-order valence-corrected chi connectivity index (χ2v) is 6.84. The van der Waals surface area contributed by atoms with E-state index in [9.17, 15) is 14.7 Å². The Balaban J connectivity index is 1.72. The zero-order chi connectivity index (χ0) is 16.8. The summed E-state index contributed by atoms with van der Waals surface area (Å²) in [5.41, 5.74) is 2.80. The molecule has 3 rings (SSSR count). The van der Waals surface area contributed by atoms with Crippen molar-refractivity contribution in [2.75, 3.05) is 20.1 Å². The van der Waals surface area contributed by atoms with E-state index in [1.54, 1.807) is 11.9 Å². The summed E-state index contributed by atoms with van der Waals surface area (Å²) in [4.78, 5) is 27.6. The average Bonchev–Trinajstić information content (AvgIpc) is 2.95. The Morgan fingerprint density at radius 3 is 2.57 bits per heavy atom. The van der Waals surface area contributed by atoms with Gasteiger partial charge >= 0.3 is 5.97 Å². The number of aliphatic carboxylic acids is 1. The Morgan fingerprint density at radius 1 is 1.39 bits per heavy atom. The molecule has 0 radical (unpaired) electrons. The van der Waals surface area contributed by atoms with Crippen LogP contribution in [0.1, 0.15) is 36.2 Å². The highest BCUT2D eigenvalue weighted by Gasteiger charge is 2.55. The summed E-state index contributed by atoms with van der Waals surface area (Å²) >= 11 is 0. The van der Waals surface area contributed by atoms with Crippen molar-refractivity contribution in [2.45, 2.75) is 45.2 Å². The number of aromatic amines is 1. The maximum atomic E-state index is 12.0. The van der Waals surface area contributed by atoms with Crippen molar-refractivity contribution in [3.05, 3.63) is 17.0 Å². The predicted octanol–water partition coefficient (Wildman–Crippen LogP) is 0.924. The van der Waals surface area contributed by atoms with Crippen LogP contribution in [-0.2, 0) is 16.1 Å². The zero-order valence-electron chi connectivity index (χ0n) is 13.9. The molecule has 3 heterocycles. The van der Waals surface area contributed by atoms with Gasteiger partial charge in [0.05, 0.1) is 17.2 Å². The van der Waals surface area contributed by atoms with Gasteiger partial charge in [0.2, 0.25) is 5.91 Å². The zero-order valence-corrected chi connectivity index (χ0v) is 13.9. The number of aryl methyl sites for hydroxylation is 2. The number of amides is 1. The van der Waals surface area contributed by atoms with Gasteiger partial charge in [-0.15, -0.1) is 0 Å². The Kier molecular flexibility index (Phi) is 3.91. The fourth-order valence-electron chi connectivity index (χ4n) is 4.11. The Morgan fingerprint density at radius 2 is 2.04 bits per heavy atom. The predicted molar refractivity (Wildman–Crippen MR) is 83.8 cm³/mol. The van der Waals surface area contributed by atoms with Gasteiger partial charge in [0, 0.05) is 44.4 Å². The van der Waals surface area contributed by atoms with Crippen LogP contribution in [0.3, 0.4) is 0 Å².